The van der Waals surface area contributed by atoms with Gasteiger partial charge in [-0.15, -0.1) is 0 Å². The molecule has 0 unspecified atom stereocenters. The minimum absolute atomic E-state index is 0.0619. The molecule has 0 aromatic carbocycles. The average Bonchev–Trinajstić information content (AvgIpc) is 2.37. The average molecular weight is 277 g/mol. The summed E-state index contributed by atoms with van der Waals surface area (Å²) in [5.74, 6) is 0.799. The summed E-state index contributed by atoms with van der Waals surface area (Å²) in [5, 5.41) is 3.04. The fraction of sp³-hybridized carbons (Fsp3) is 0.625. The zero-order valence-electron chi connectivity index (χ0n) is 13.7. The lowest BCUT2D eigenvalue weighted by atomic mass is 9.90. The van der Waals surface area contributed by atoms with E-state index in [2.05, 4.69) is 31.1 Å². The molecule has 0 aliphatic rings. The molecule has 1 rings (SSSR count). The summed E-state index contributed by atoms with van der Waals surface area (Å²) in [4.78, 5) is 19.1. The highest BCUT2D eigenvalue weighted by Gasteiger charge is 2.22. The monoisotopic (exact) mass is 277 g/mol. The van der Waals surface area contributed by atoms with Crippen molar-refractivity contribution in [1.29, 1.82) is 0 Å². The Morgan fingerprint density at radius 3 is 2.35 bits per heavy atom. The van der Waals surface area contributed by atoms with Crippen molar-refractivity contribution in [2.45, 2.75) is 53.0 Å². The van der Waals surface area contributed by atoms with Crippen molar-refractivity contribution in [2.24, 2.45) is 0 Å². The fourth-order valence-electron chi connectivity index (χ4n) is 2.08. The van der Waals surface area contributed by atoms with Gasteiger partial charge in [-0.1, -0.05) is 20.8 Å². The molecule has 1 aromatic rings. The van der Waals surface area contributed by atoms with Crippen molar-refractivity contribution in [2.75, 3.05) is 18.9 Å². The molecular formula is C16H27N3O. The lowest BCUT2D eigenvalue weighted by molar-refractivity contribution is 0.0716. The molecule has 4 nitrogen and oxygen atoms in total. The Morgan fingerprint density at radius 1 is 1.35 bits per heavy atom. The molecule has 1 aromatic heterocycles. The van der Waals surface area contributed by atoms with Gasteiger partial charge >= 0.3 is 0 Å². The van der Waals surface area contributed by atoms with Crippen molar-refractivity contribution >= 4 is 11.7 Å². The minimum Gasteiger partial charge on any atom is -0.373 e. The van der Waals surface area contributed by atoms with Gasteiger partial charge in [0, 0.05) is 36.3 Å². The predicted molar refractivity (Wildman–Crippen MR) is 84.3 cm³/mol. The summed E-state index contributed by atoms with van der Waals surface area (Å²) >= 11 is 0. The van der Waals surface area contributed by atoms with Crippen LogP contribution in [-0.4, -0.2) is 35.4 Å². The van der Waals surface area contributed by atoms with E-state index in [1.165, 1.54) is 0 Å². The molecule has 112 valence electrons. The van der Waals surface area contributed by atoms with Gasteiger partial charge < -0.3 is 10.2 Å². The Hall–Kier alpha value is -1.58. The van der Waals surface area contributed by atoms with Gasteiger partial charge in [-0.05, 0) is 32.9 Å². The Labute approximate surface area is 122 Å². The van der Waals surface area contributed by atoms with Crippen LogP contribution in [0.5, 0.6) is 0 Å². The second-order valence-corrected chi connectivity index (χ2v) is 6.31. The maximum absolute atomic E-state index is 12.6. The predicted octanol–water partition coefficient (Wildman–Crippen LogP) is 3.29. The number of pyridine rings is 1. The molecule has 1 N–H and O–H groups in total. The van der Waals surface area contributed by atoms with E-state index >= 15 is 0 Å². The molecule has 0 radical (unpaired) electrons. The van der Waals surface area contributed by atoms with Crippen molar-refractivity contribution in [3.05, 3.63) is 23.4 Å². The van der Waals surface area contributed by atoms with Gasteiger partial charge in [0.25, 0.3) is 5.91 Å². The Morgan fingerprint density at radius 2 is 1.95 bits per heavy atom. The van der Waals surface area contributed by atoms with E-state index in [4.69, 9.17) is 0 Å². The quantitative estimate of drug-likeness (QED) is 0.918. The van der Waals surface area contributed by atoms with Crippen LogP contribution in [0.3, 0.4) is 0 Å². The van der Waals surface area contributed by atoms with Crippen LogP contribution in [0, 0.1) is 0 Å². The molecule has 0 bridgehead atoms. The van der Waals surface area contributed by atoms with Crippen LogP contribution in [0.15, 0.2) is 12.1 Å². The summed E-state index contributed by atoms with van der Waals surface area (Å²) in [7, 11) is 1.82. The number of nitrogens with one attached hydrogen (secondary N) is 1. The summed E-state index contributed by atoms with van der Waals surface area (Å²) in [6.07, 6.45) is 0. The van der Waals surface area contributed by atoms with Crippen LogP contribution in [-0.2, 0) is 5.41 Å². The first-order valence-electron chi connectivity index (χ1n) is 7.22. The molecule has 0 spiro atoms. The smallest absolute Gasteiger partial charge is 0.254 e. The third-order valence-electron chi connectivity index (χ3n) is 3.32. The third-order valence-corrected chi connectivity index (χ3v) is 3.32. The van der Waals surface area contributed by atoms with E-state index in [9.17, 15) is 4.79 Å². The second-order valence-electron chi connectivity index (χ2n) is 6.31. The number of anilines is 1. The van der Waals surface area contributed by atoms with Gasteiger partial charge in [-0.25, -0.2) is 4.98 Å². The van der Waals surface area contributed by atoms with E-state index in [1.54, 1.807) is 0 Å². The second kappa shape index (κ2) is 6.25. The van der Waals surface area contributed by atoms with Gasteiger partial charge in [0.05, 0.1) is 0 Å². The summed E-state index contributed by atoms with van der Waals surface area (Å²) < 4.78 is 0. The normalized spacial score (nSPS) is 11.6. The van der Waals surface area contributed by atoms with Gasteiger partial charge in [0.15, 0.2) is 0 Å². The first kappa shape index (κ1) is 16.5. The largest absolute Gasteiger partial charge is 0.373 e. The maximum atomic E-state index is 12.6. The van der Waals surface area contributed by atoms with Crippen molar-refractivity contribution < 1.29 is 4.79 Å². The topological polar surface area (TPSA) is 45.2 Å². The molecule has 0 saturated carbocycles. The summed E-state index contributed by atoms with van der Waals surface area (Å²) in [6.45, 7) is 13.1. The van der Waals surface area contributed by atoms with Crippen LogP contribution in [0.4, 0.5) is 5.82 Å². The SMILES string of the molecule is CCN(C(=O)c1cc(NC)nc(C(C)(C)C)c1)C(C)C. The standard InChI is InChI=1S/C16H27N3O/c1-8-19(11(2)3)15(20)12-9-13(16(4,5)6)18-14(10-12)17-7/h9-11H,8H2,1-7H3,(H,17,18). The number of carbonyl (C=O) groups excluding carboxylic acids is 1. The first-order valence-corrected chi connectivity index (χ1v) is 7.22. The van der Waals surface area contributed by atoms with E-state index < -0.39 is 0 Å². The van der Waals surface area contributed by atoms with Crippen LogP contribution in [0.2, 0.25) is 0 Å². The summed E-state index contributed by atoms with van der Waals surface area (Å²) in [5.41, 5.74) is 1.54. The molecular weight excluding hydrogens is 250 g/mol. The van der Waals surface area contributed by atoms with Crippen molar-refractivity contribution in [3.63, 3.8) is 0 Å². The van der Waals surface area contributed by atoms with Gasteiger partial charge in [0.2, 0.25) is 0 Å². The van der Waals surface area contributed by atoms with Crippen LogP contribution >= 0.6 is 0 Å². The van der Waals surface area contributed by atoms with E-state index in [0.717, 1.165) is 11.5 Å². The Bertz CT molecular complexity index is 475. The molecule has 0 aliphatic carbocycles. The highest BCUT2D eigenvalue weighted by molar-refractivity contribution is 5.95. The highest BCUT2D eigenvalue weighted by atomic mass is 16.2. The number of rotatable bonds is 4. The van der Waals surface area contributed by atoms with Crippen LogP contribution < -0.4 is 5.32 Å². The fourth-order valence-corrected chi connectivity index (χ4v) is 2.08. The molecule has 0 fully saturated rings. The van der Waals surface area contributed by atoms with E-state index in [0.29, 0.717) is 12.1 Å². The zero-order chi connectivity index (χ0) is 15.5. The molecule has 1 amide bonds. The molecule has 4 heteroatoms. The molecule has 0 saturated heterocycles. The molecule has 0 aliphatic heterocycles. The Balaban J connectivity index is 3.27. The van der Waals surface area contributed by atoms with Gasteiger partial charge in [0.1, 0.15) is 5.82 Å². The van der Waals surface area contributed by atoms with Crippen molar-refractivity contribution in [3.8, 4) is 0 Å². The van der Waals surface area contributed by atoms with Crippen LogP contribution in [0.1, 0.15) is 57.6 Å². The molecule has 1 heterocycles. The first-order chi connectivity index (χ1) is 9.20. The minimum atomic E-state index is -0.0865. The Kier molecular flexibility index (Phi) is 5.15. The maximum Gasteiger partial charge on any atom is 0.254 e. The number of aromatic nitrogens is 1. The van der Waals surface area contributed by atoms with E-state index in [-0.39, 0.29) is 17.4 Å². The number of carbonyl (C=O) groups is 1. The molecule has 20 heavy (non-hydrogen) atoms. The molecule has 0 atom stereocenters. The lowest BCUT2D eigenvalue weighted by Crippen LogP contribution is -2.37. The van der Waals surface area contributed by atoms with Gasteiger partial charge in [-0.2, -0.15) is 0 Å². The van der Waals surface area contributed by atoms with E-state index in [1.807, 2.05) is 44.9 Å². The number of amides is 1. The number of hydrogen-bond acceptors (Lipinski definition) is 3. The lowest BCUT2D eigenvalue weighted by Gasteiger charge is -2.26. The summed E-state index contributed by atoms with van der Waals surface area (Å²) in [6, 6.07) is 3.92. The third kappa shape index (κ3) is 3.71. The highest BCUT2D eigenvalue weighted by Crippen LogP contribution is 2.24. The van der Waals surface area contributed by atoms with Crippen LogP contribution in [0.25, 0.3) is 0 Å². The van der Waals surface area contributed by atoms with Crippen molar-refractivity contribution in [1.82, 2.24) is 9.88 Å². The number of hydrogen-bond donors (Lipinski definition) is 1. The number of nitrogens with zero attached hydrogens (tertiary/aromatic N) is 2. The van der Waals surface area contributed by atoms with Gasteiger partial charge in [-0.3, -0.25) is 4.79 Å². The zero-order valence-corrected chi connectivity index (χ0v) is 13.7.